The van der Waals surface area contributed by atoms with E-state index < -0.39 is 0 Å². The lowest BCUT2D eigenvalue weighted by Gasteiger charge is -2.25. The highest BCUT2D eigenvalue weighted by Gasteiger charge is 2.28. The number of ether oxygens (including phenoxy) is 1. The lowest BCUT2D eigenvalue weighted by atomic mass is 10.0. The Morgan fingerprint density at radius 3 is 2.96 bits per heavy atom. The van der Waals surface area contributed by atoms with Gasteiger partial charge in [-0.3, -0.25) is 4.79 Å². The number of amides is 1. The molecule has 4 heterocycles. The predicted molar refractivity (Wildman–Crippen MR) is 93.6 cm³/mol. The monoisotopic (exact) mass is 361 g/mol. The maximum atomic E-state index is 12.5. The zero-order valence-corrected chi connectivity index (χ0v) is 15.3. The van der Waals surface area contributed by atoms with Crippen LogP contribution in [0.1, 0.15) is 53.2 Å². The molecule has 0 atom stereocenters. The highest BCUT2D eigenvalue weighted by Crippen LogP contribution is 2.30. The molecule has 2 aliphatic heterocycles. The summed E-state index contributed by atoms with van der Waals surface area (Å²) in [6.07, 6.45) is 3.90. The van der Waals surface area contributed by atoms with Crippen LogP contribution in [-0.2, 0) is 28.9 Å². The van der Waals surface area contributed by atoms with E-state index in [2.05, 4.69) is 4.98 Å². The first-order valence-corrected chi connectivity index (χ1v) is 9.82. The molecule has 2 aromatic rings. The van der Waals surface area contributed by atoms with Gasteiger partial charge in [-0.25, -0.2) is 9.97 Å². The molecule has 1 fully saturated rings. The Morgan fingerprint density at radius 2 is 2.20 bits per heavy atom. The van der Waals surface area contributed by atoms with Crippen molar-refractivity contribution in [1.29, 1.82) is 0 Å². The third kappa shape index (κ3) is 3.77. The lowest BCUT2D eigenvalue weighted by Crippen LogP contribution is -2.35. The molecular weight excluding hydrogens is 338 g/mol. The topological polar surface area (TPSA) is 68.5 Å². The van der Waals surface area contributed by atoms with Crippen LogP contribution in [0, 0.1) is 6.92 Å². The van der Waals surface area contributed by atoms with E-state index in [9.17, 15) is 4.79 Å². The van der Waals surface area contributed by atoms with Crippen molar-refractivity contribution < 1.29 is 13.9 Å². The van der Waals surface area contributed by atoms with Gasteiger partial charge >= 0.3 is 0 Å². The SMILES string of the molecule is Cc1nc(CCC(=O)N2CCc3oc(C4CCOCC4)nc3C2)cs1. The number of carbonyl (C=O) groups is 1. The molecule has 0 spiro atoms. The van der Waals surface area contributed by atoms with E-state index in [-0.39, 0.29) is 5.91 Å². The highest BCUT2D eigenvalue weighted by atomic mass is 32.1. The molecule has 0 bridgehead atoms. The first-order valence-electron chi connectivity index (χ1n) is 8.94. The Labute approximate surface area is 151 Å². The summed E-state index contributed by atoms with van der Waals surface area (Å²) in [7, 11) is 0. The fraction of sp³-hybridized carbons (Fsp3) is 0.611. The van der Waals surface area contributed by atoms with Crippen molar-refractivity contribution in [3.63, 3.8) is 0 Å². The number of nitrogens with zero attached hydrogens (tertiary/aromatic N) is 3. The van der Waals surface area contributed by atoms with E-state index in [4.69, 9.17) is 14.1 Å². The van der Waals surface area contributed by atoms with Crippen LogP contribution in [0.15, 0.2) is 9.80 Å². The molecule has 1 amide bonds. The zero-order chi connectivity index (χ0) is 17.2. The summed E-state index contributed by atoms with van der Waals surface area (Å²) < 4.78 is 11.4. The molecule has 2 aliphatic rings. The number of hydrogen-bond donors (Lipinski definition) is 0. The molecule has 6 nitrogen and oxygen atoms in total. The van der Waals surface area contributed by atoms with Crippen LogP contribution in [0.3, 0.4) is 0 Å². The number of oxazole rings is 1. The van der Waals surface area contributed by atoms with Crippen LogP contribution in [0.25, 0.3) is 0 Å². The summed E-state index contributed by atoms with van der Waals surface area (Å²) in [4.78, 5) is 23.6. The van der Waals surface area contributed by atoms with Gasteiger partial charge in [-0.15, -0.1) is 11.3 Å². The second-order valence-electron chi connectivity index (χ2n) is 6.73. The van der Waals surface area contributed by atoms with Crippen LogP contribution in [0.2, 0.25) is 0 Å². The Balaban J connectivity index is 1.36. The van der Waals surface area contributed by atoms with E-state index in [1.165, 1.54) is 0 Å². The summed E-state index contributed by atoms with van der Waals surface area (Å²) in [6, 6.07) is 0. The Bertz CT molecular complexity index is 749. The first kappa shape index (κ1) is 16.7. The summed E-state index contributed by atoms with van der Waals surface area (Å²) in [5.41, 5.74) is 1.95. The molecule has 4 rings (SSSR count). The van der Waals surface area contributed by atoms with Crippen LogP contribution in [0.4, 0.5) is 0 Å². The van der Waals surface area contributed by atoms with Gasteiger partial charge in [0.25, 0.3) is 0 Å². The van der Waals surface area contributed by atoms with E-state index in [0.717, 1.165) is 60.5 Å². The fourth-order valence-electron chi connectivity index (χ4n) is 3.47. The van der Waals surface area contributed by atoms with Crippen molar-refractivity contribution in [2.45, 2.75) is 51.5 Å². The molecule has 0 aliphatic carbocycles. The normalized spacial score (nSPS) is 18.4. The summed E-state index contributed by atoms with van der Waals surface area (Å²) in [5.74, 6) is 2.32. The van der Waals surface area contributed by atoms with E-state index in [1.54, 1.807) is 11.3 Å². The van der Waals surface area contributed by atoms with E-state index in [1.807, 2.05) is 17.2 Å². The third-order valence-corrected chi connectivity index (χ3v) is 5.75. The Kier molecular flexibility index (Phi) is 4.85. The highest BCUT2D eigenvalue weighted by molar-refractivity contribution is 7.09. The minimum Gasteiger partial charge on any atom is -0.445 e. The molecule has 0 N–H and O–H groups in total. The molecule has 1 saturated heterocycles. The van der Waals surface area contributed by atoms with Crippen LogP contribution in [0.5, 0.6) is 0 Å². The molecule has 0 radical (unpaired) electrons. The molecule has 7 heteroatoms. The summed E-state index contributed by atoms with van der Waals surface area (Å²) in [5, 5.41) is 3.09. The zero-order valence-electron chi connectivity index (χ0n) is 14.5. The molecular formula is C18H23N3O3S. The number of hydrogen-bond acceptors (Lipinski definition) is 6. The van der Waals surface area contributed by atoms with Gasteiger partial charge in [0.1, 0.15) is 11.5 Å². The van der Waals surface area contributed by atoms with Crippen LogP contribution in [-0.4, -0.2) is 40.5 Å². The minimum atomic E-state index is 0.173. The molecule has 2 aromatic heterocycles. The minimum absolute atomic E-state index is 0.173. The van der Waals surface area contributed by atoms with E-state index in [0.29, 0.717) is 31.8 Å². The van der Waals surface area contributed by atoms with Gasteiger partial charge < -0.3 is 14.1 Å². The van der Waals surface area contributed by atoms with Gasteiger partial charge in [0.2, 0.25) is 5.91 Å². The summed E-state index contributed by atoms with van der Waals surface area (Å²) >= 11 is 1.63. The van der Waals surface area contributed by atoms with Gasteiger partial charge in [-0.05, 0) is 26.2 Å². The van der Waals surface area contributed by atoms with Crippen LogP contribution < -0.4 is 0 Å². The van der Waals surface area contributed by atoms with Crippen LogP contribution >= 0.6 is 11.3 Å². The predicted octanol–water partition coefficient (Wildman–Crippen LogP) is 2.85. The van der Waals surface area contributed by atoms with Crippen molar-refractivity contribution in [2.75, 3.05) is 19.8 Å². The van der Waals surface area contributed by atoms with Gasteiger partial charge in [-0.2, -0.15) is 0 Å². The standard InChI is InChI=1S/C18H23N3O3S/c1-12-19-14(11-25-12)2-3-17(22)21-7-4-16-15(10-21)20-18(24-16)13-5-8-23-9-6-13/h11,13H,2-10H2,1H3. The van der Waals surface area contributed by atoms with Crippen molar-refractivity contribution in [3.05, 3.63) is 33.4 Å². The number of aromatic nitrogens is 2. The van der Waals surface area contributed by atoms with Gasteiger partial charge in [0.05, 0.1) is 17.2 Å². The first-order chi connectivity index (χ1) is 12.2. The molecule has 0 saturated carbocycles. The maximum Gasteiger partial charge on any atom is 0.223 e. The number of thiazole rings is 1. The number of fused-ring (bicyclic) bond motifs is 1. The van der Waals surface area contributed by atoms with Gasteiger partial charge in [-0.1, -0.05) is 0 Å². The smallest absolute Gasteiger partial charge is 0.223 e. The van der Waals surface area contributed by atoms with E-state index >= 15 is 0 Å². The van der Waals surface area contributed by atoms with Gasteiger partial charge in [0, 0.05) is 43.9 Å². The van der Waals surface area contributed by atoms with Crippen molar-refractivity contribution >= 4 is 17.2 Å². The number of rotatable bonds is 4. The second-order valence-corrected chi connectivity index (χ2v) is 7.79. The second kappa shape index (κ2) is 7.25. The molecule has 0 aromatic carbocycles. The number of carbonyl (C=O) groups excluding carboxylic acids is 1. The molecule has 134 valence electrons. The Morgan fingerprint density at radius 1 is 1.36 bits per heavy atom. The molecule has 25 heavy (non-hydrogen) atoms. The quantitative estimate of drug-likeness (QED) is 0.838. The fourth-order valence-corrected chi connectivity index (χ4v) is 4.11. The lowest BCUT2D eigenvalue weighted by molar-refractivity contribution is -0.132. The largest absolute Gasteiger partial charge is 0.445 e. The average Bonchev–Trinajstić information content (AvgIpc) is 3.25. The maximum absolute atomic E-state index is 12.5. The third-order valence-electron chi connectivity index (χ3n) is 4.93. The molecule has 0 unspecified atom stereocenters. The Hall–Kier alpha value is -1.73. The van der Waals surface area contributed by atoms with Gasteiger partial charge in [0.15, 0.2) is 5.89 Å². The number of aryl methyl sites for hydroxylation is 2. The summed E-state index contributed by atoms with van der Waals surface area (Å²) in [6.45, 7) is 4.82. The van der Waals surface area contributed by atoms with Crippen molar-refractivity contribution in [3.8, 4) is 0 Å². The average molecular weight is 361 g/mol. The van der Waals surface area contributed by atoms with Crippen molar-refractivity contribution in [2.24, 2.45) is 0 Å². The van der Waals surface area contributed by atoms with Crippen molar-refractivity contribution in [1.82, 2.24) is 14.9 Å².